The fourth-order valence-corrected chi connectivity index (χ4v) is 2.83. The summed E-state index contributed by atoms with van der Waals surface area (Å²) in [6.07, 6.45) is 4.10. The summed E-state index contributed by atoms with van der Waals surface area (Å²) in [6.45, 7) is 4.96. The maximum absolute atomic E-state index is 4.14. The molecule has 0 saturated carbocycles. The number of rotatable bonds is 5. The first-order valence-corrected chi connectivity index (χ1v) is 7.40. The van der Waals surface area contributed by atoms with Gasteiger partial charge in [-0.3, -0.25) is 4.98 Å². The first-order valence-electron chi connectivity index (χ1n) is 6.52. The van der Waals surface area contributed by atoms with Gasteiger partial charge in [0.1, 0.15) is 0 Å². The lowest BCUT2D eigenvalue weighted by atomic mass is 10.1. The van der Waals surface area contributed by atoms with Crippen molar-refractivity contribution in [3.8, 4) is 0 Å². The van der Waals surface area contributed by atoms with E-state index in [4.69, 9.17) is 0 Å². The van der Waals surface area contributed by atoms with Crippen molar-refractivity contribution in [2.45, 2.75) is 20.0 Å². The molecule has 3 nitrogen and oxygen atoms in total. The quantitative estimate of drug-likeness (QED) is 0.772. The van der Waals surface area contributed by atoms with Crippen molar-refractivity contribution >= 4 is 22.2 Å². The van der Waals surface area contributed by atoms with E-state index < -0.39 is 0 Å². The number of benzene rings is 1. The summed E-state index contributed by atoms with van der Waals surface area (Å²) in [5.41, 5.74) is 4.51. The van der Waals surface area contributed by atoms with Crippen molar-refractivity contribution in [1.29, 1.82) is 0 Å². The van der Waals surface area contributed by atoms with Crippen molar-refractivity contribution in [2.24, 2.45) is 0 Å². The van der Waals surface area contributed by atoms with E-state index in [-0.39, 0.29) is 0 Å². The van der Waals surface area contributed by atoms with Crippen LogP contribution in [0, 0.1) is 0 Å². The van der Waals surface area contributed by atoms with E-state index in [1.165, 1.54) is 21.3 Å². The molecule has 0 fully saturated rings. The molecule has 2 aromatic heterocycles. The number of nitrogens with zero attached hydrogens (tertiary/aromatic N) is 2. The minimum Gasteiger partial charge on any atom is -0.342 e. The predicted molar refractivity (Wildman–Crippen MR) is 80.5 cm³/mol. The van der Waals surface area contributed by atoms with Crippen LogP contribution < -0.4 is 5.32 Å². The highest BCUT2D eigenvalue weighted by Gasteiger charge is 2.04. The smallest absolute Gasteiger partial charge is 0.0794 e. The Kier molecular flexibility index (Phi) is 3.62. The monoisotopic (exact) mass is 271 g/mol. The number of fused-ring (bicyclic) bond motifs is 1. The molecule has 0 radical (unpaired) electrons. The molecule has 0 aliphatic carbocycles. The summed E-state index contributed by atoms with van der Waals surface area (Å²) in [7, 11) is 0. The molecule has 0 saturated heterocycles. The van der Waals surface area contributed by atoms with Gasteiger partial charge in [-0.15, -0.1) is 11.3 Å². The lowest BCUT2D eigenvalue weighted by molar-refractivity contribution is 0.727. The molecule has 0 spiro atoms. The van der Waals surface area contributed by atoms with Crippen LogP contribution in [0.2, 0.25) is 0 Å². The highest BCUT2D eigenvalue weighted by atomic mass is 32.1. The Hall–Kier alpha value is -1.65. The van der Waals surface area contributed by atoms with E-state index in [0.29, 0.717) is 0 Å². The van der Waals surface area contributed by atoms with Gasteiger partial charge >= 0.3 is 0 Å². The normalized spacial score (nSPS) is 11.2. The molecule has 1 N–H and O–H groups in total. The Morgan fingerprint density at radius 1 is 1.32 bits per heavy atom. The van der Waals surface area contributed by atoms with Gasteiger partial charge in [0.25, 0.3) is 0 Å². The zero-order valence-electron chi connectivity index (χ0n) is 11.0. The molecule has 0 atom stereocenters. The van der Waals surface area contributed by atoms with Gasteiger partial charge in [-0.2, -0.15) is 0 Å². The molecular weight excluding hydrogens is 254 g/mol. The van der Waals surface area contributed by atoms with Gasteiger partial charge < -0.3 is 9.88 Å². The van der Waals surface area contributed by atoms with Crippen LogP contribution in [-0.2, 0) is 13.1 Å². The van der Waals surface area contributed by atoms with Gasteiger partial charge in [-0.1, -0.05) is 19.1 Å². The summed E-state index contributed by atoms with van der Waals surface area (Å²) in [6, 6.07) is 8.85. The minimum absolute atomic E-state index is 0.902. The standard InChI is InChI=1S/C15H17N3S/c1-2-16-8-12-3-4-13-5-6-18(15(13)7-12)10-14-9-17-11-19-14/h3-7,9,11,16H,2,8,10H2,1H3. The minimum atomic E-state index is 0.902. The van der Waals surface area contributed by atoms with E-state index in [0.717, 1.165) is 19.6 Å². The maximum atomic E-state index is 4.14. The van der Waals surface area contributed by atoms with Gasteiger partial charge in [0.15, 0.2) is 0 Å². The molecule has 3 rings (SSSR count). The fourth-order valence-electron chi connectivity index (χ4n) is 2.23. The van der Waals surface area contributed by atoms with Crippen LogP contribution in [0.25, 0.3) is 10.9 Å². The third-order valence-electron chi connectivity index (χ3n) is 3.23. The van der Waals surface area contributed by atoms with Gasteiger partial charge in [-0.25, -0.2) is 0 Å². The van der Waals surface area contributed by atoms with E-state index >= 15 is 0 Å². The molecule has 4 heteroatoms. The van der Waals surface area contributed by atoms with Gasteiger partial charge in [0.2, 0.25) is 0 Å². The molecular formula is C15H17N3S. The van der Waals surface area contributed by atoms with Crippen molar-refractivity contribution in [1.82, 2.24) is 14.9 Å². The van der Waals surface area contributed by atoms with Crippen molar-refractivity contribution in [3.63, 3.8) is 0 Å². The predicted octanol–water partition coefficient (Wildman–Crippen LogP) is 3.26. The van der Waals surface area contributed by atoms with E-state index in [2.05, 4.69) is 52.3 Å². The summed E-state index contributed by atoms with van der Waals surface area (Å²) < 4.78 is 2.29. The average molecular weight is 271 g/mol. The molecule has 19 heavy (non-hydrogen) atoms. The average Bonchev–Trinajstić information content (AvgIpc) is 3.07. The van der Waals surface area contributed by atoms with E-state index in [9.17, 15) is 0 Å². The Morgan fingerprint density at radius 3 is 3.05 bits per heavy atom. The number of hydrogen-bond donors (Lipinski definition) is 1. The van der Waals surface area contributed by atoms with Gasteiger partial charge in [0.05, 0.1) is 12.1 Å². The summed E-state index contributed by atoms with van der Waals surface area (Å²) in [4.78, 5) is 5.42. The topological polar surface area (TPSA) is 29.9 Å². The molecule has 1 aromatic carbocycles. The molecule has 98 valence electrons. The van der Waals surface area contributed by atoms with Crippen LogP contribution in [0.1, 0.15) is 17.4 Å². The highest BCUT2D eigenvalue weighted by Crippen LogP contribution is 2.20. The van der Waals surface area contributed by atoms with Crippen LogP contribution in [-0.4, -0.2) is 16.1 Å². The molecule has 2 heterocycles. The van der Waals surface area contributed by atoms with E-state index in [1.807, 2.05) is 11.7 Å². The first-order chi connectivity index (χ1) is 9.36. The Labute approximate surface area is 116 Å². The number of hydrogen-bond acceptors (Lipinski definition) is 3. The summed E-state index contributed by atoms with van der Waals surface area (Å²) in [5, 5.41) is 4.67. The van der Waals surface area contributed by atoms with Crippen LogP contribution >= 0.6 is 11.3 Å². The summed E-state index contributed by atoms with van der Waals surface area (Å²) >= 11 is 1.70. The molecule has 0 aliphatic heterocycles. The zero-order valence-corrected chi connectivity index (χ0v) is 11.8. The second-order valence-electron chi connectivity index (χ2n) is 4.58. The molecule has 0 bridgehead atoms. The largest absolute Gasteiger partial charge is 0.342 e. The second kappa shape index (κ2) is 5.55. The Morgan fingerprint density at radius 2 is 2.26 bits per heavy atom. The number of aromatic nitrogens is 2. The summed E-state index contributed by atoms with van der Waals surface area (Å²) in [5.74, 6) is 0. The van der Waals surface area contributed by atoms with Crippen molar-refractivity contribution in [2.75, 3.05) is 6.54 Å². The van der Waals surface area contributed by atoms with Crippen LogP contribution in [0.3, 0.4) is 0 Å². The van der Waals surface area contributed by atoms with Crippen LogP contribution in [0.5, 0.6) is 0 Å². The fraction of sp³-hybridized carbons (Fsp3) is 0.267. The number of nitrogens with one attached hydrogen (secondary N) is 1. The molecule has 3 aromatic rings. The maximum Gasteiger partial charge on any atom is 0.0794 e. The zero-order chi connectivity index (χ0) is 13.1. The van der Waals surface area contributed by atoms with Crippen molar-refractivity contribution < 1.29 is 0 Å². The third-order valence-corrected chi connectivity index (χ3v) is 3.99. The SMILES string of the molecule is CCNCc1ccc2ccn(Cc3cncs3)c2c1. The lowest BCUT2D eigenvalue weighted by Crippen LogP contribution is -2.11. The Balaban J connectivity index is 1.91. The number of thiazole rings is 1. The van der Waals surface area contributed by atoms with Crippen LogP contribution in [0.15, 0.2) is 42.2 Å². The second-order valence-corrected chi connectivity index (χ2v) is 5.56. The third kappa shape index (κ3) is 2.69. The van der Waals surface area contributed by atoms with Gasteiger partial charge in [-0.05, 0) is 29.6 Å². The van der Waals surface area contributed by atoms with Gasteiger partial charge in [0, 0.05) is 29.3 Å². The van der Waals surface area contributed by atoms with E-state index in [1.54, 1.807) is 11.3 Å². The molecule has 0 aliphatic rings. The molecule has 0 unspecified atom stereocenters. The van der Waals surface area contributed by atoms with Crippen molar-refractivity contribution in [3.05, 3.63) is 52.6 Å². The van der Waals surface area contributed by atoms with Crippen LogP contribution in [0.4, 0.5) is 0 Å². The lowest BCUT2D eigenvalue weighted by Gasteiger charge is -2.06. The Bertz CT molecular complexity index is 655. The first kappa shape index (κ1) is 12.4. The highest BCUT2D eigenvalue weighted by molar-refractivity contribution is 7.09. The molecule has 0 amide bonds.